The van der Waals surface area contributed by atoms with Gasteiger partial charge in [-0.25, -0.2) is 4.79 Å². The second-order valence-corrected chi connectivity index (χ2v) is 6.00. The SMILES string of the molecule is CC(C)CN(CC(C)C)C(=O)NCCc1ccccn1. The van der Waals surface area contributed by atoms with Gasteiger partial charge in [0.25, 0.3) is 0 Å². The summed E-state index contributed by atoms with van der Waals surface area (Å²) in [5.41, 5.74) is 1.01. The van der Waals surface area contributed by atoms with Crippen LogP contribution in [0.5, 0.6) is 0 Å². The van der Waals surface area contributed by atoms with Crippen LogP contribution in [0.4, 0.5) is 4.79 Å². The molecule has 112 valence electrons. The summed E-state index contributed by atoms with van der Waals surface area (Å²) in [5, 5.41) is 2.99. The molecule has 0 spiro atoms. The molecular weight excluding hydrogens is 250 g/mol. The van der Waals surface area contributed by atoms with E-state index in [4.69, 9.17) is 0 Å². The van der Waals surface area contributed by atoms with Crippen molar-refractivity contribution >= 4 is 6.03 Å². The van der Waals surface area contributed by atoms with Gasteiger partial charge >= 0.3 is 6.03 Å². The number of hydrogen-bond acceptors (Lipinski definition) is 2. The third-order valence-corrected chi connectivity index (χ3v) is 2.84. The molecule has 0 atom stereocenters. The molecule has 0 aliphatic rings. The van der Waals surface area contributed by atoms with Crippen LogP contribution in [0.1, 0.15) is 33.4 Å². The molecule has 1 N–H and O–H groups in total. The fourth-order valence-corrected chi connectivity index (χ4v) is 2.08. The summed E-state index contributed by atoms with van der Waals surface area (Å²) in [4.78, 5) is 18.4. The predicted molar refractivity (Wildman–Crippen MR) is 82.6 cm³/mol. The van der Waals surface area contributed by atoms with Gasteiger partial charge in [0.1, 0.15) is 0 Å². The topological polar surface area (TPSA) is 45.2 Å². The highest BCUT2D eigenvalue weighted by molar-refractivity contribution is 5.74. The molecule has 0 saturated heterocycles. The molecule has 0 fully saturated rings. The van der Waals surface area contributed by atoms with Crippen molar-refractivity contribution in [1.29, 1.82) is 0 Å². The molecule has 0 radical (unpaired) electrons. The smallest absolute Gasteiger partial charge is 0.317 e. The average molecular weight is 277 g/mol. The maximum Gasteiger partial charge on any atom is 0.317 e. The third-order valence-electron chi connectivity index (χ3n) is 2.84. The molecule has 0 aliphatic heterocycles. The third kappa shape index (κ3) is 6.55. The van der Waals surface area contributed by atoms with Crippen molar-refractivity contribution in [3.63, 3.8) is 0 Å². The first-order valence-corrected chi connectivity index (χ1v) is 7.41. The fraction of sp³-hybridized carbons (Fsp3) is 0.625. The van der Waals surface area contributed by atoms with E-state index in [2.05, 4.69) is 38.0 Å². The molecule has 0 aliphatic carbocycles. The number of hydrogen-bond donors (Lipinski definition) is 1. The highest BCUT2D eigenvalue weighted by Crippen LogP contribution is 2.04. The lowest BCUT2D eigenvalue weighted by molar-refractivity contribution is 0.183. The maximum atomic E-state index is 12.2. The number of amides is 2. The van der Waals surface area contributed by atoms with Crippen molar-refractivity contribution in [3.05, 3.63) is 30.1 Å². The lowest BCUT2D eigenvalue weighted by Gasteiger charge is -2.26. The summed E-state index contributed by atoms with van der Waals surface area (Å²) < 4.78 is 0. The van der Waals surface area contributed by atoms with Crippen molar-refractivity contribution in [3.8, 4) is 0 Å². The second-order valence-electron chi connectivity index (χ2n) is 6.00. The summed E-state index contributed by atoms with van der Waals surface area (Å²) in [6.45, 7) is 10.8. The lowest BCUT2D eigenvalue weighted by Crippen LogP contribution is -2.44. The maximum absolute atomic E-state index is 12.2. The minimum Gasteiger partial charge on any atom is -0.338 e. The molecule has 0 aromatic carbocycles. The Morgan fingerprint density at radius 1 is 1.20 bits per heavy atom. The van der Waals surface area contributed by atoms with Crippen LogP contribution in [0.25, 0.3) is 0 Å². The van der Waals surface area contributed by atoms with Gasteiger partial charge in [-0.3, -0.25) is 4.98 Å². The Morgan fingerprint density at radius 2 is 1.85 bits per heavy atom. The Bertz CT molecular complexity index is 380. The Hall–Kier alpha value is -1.58. The first-order chi connectivity index (χ1) is 9.49. The van der Waals surface area contributed by atoms with Crippen LogP contribution < -0.4 is 5.32 Å². The first kappa shape index (κ1) is 16.5. The van der Waals surface area contributed by atoms with Crippen LogP contribution >= 0.6 is 0 Å². The number of rotatable bonds is 7. The number of carbonyl (C=O) groups is 1. The first-order valence-electron chi connectivity index (χ1n) is 7.41. The number of urea groups is 1. The minimum atomic E-state index is 0.0309. The number of nitrogens with one attached hydrogen (secondary N) is 1. The highest BCUT2D eigenvalue weighted by Gasteiger charge is 2.15. The second kappa shape index (κ2) is 8.56. The van der Waals surface area contributed by atoms with Crippen LogP contribution in [0, 0.1) is 11.8 Å². The monoisotopic (exact) mass is 277 g/mol. The van der Waals surface area contributed by atoms with Crippen molar-refractivity contribution in [2.75, 3.05) is 19.6 Å². The van der Waals surface area contributed by atoms with Crippen molar-refractivity contribution in [2.45, 2.75) is 34.1 Å². The predicted octanol–water partition coefficient (Wildman–Crippen LogP) is 2.95. The molecule has 20 heavy (non-hydrogen) atoms. The van der Waals surface area contributed by atoms with Gasteiger partial charge in [-0.05, 0) is 24.0 Å². The molecule has 1 aromatic rings. The molecule has 0 unspecified atom stereocenters. The number of aromatic nitrogens is 1. The van der Waals surface area contributed by atoms with Crippen molar-refractivity contribution in [1.82, 2.24) is 15.2 Å². The van der Waals surface area contributed by atoms with E-state index in [-0.39, 0.29) is 6.03 Å². The largest absolute Gasteiger partial charge is 0.338 e. The molecule has 4 heteroatoms. The zero-order valence-electron chi connectivity index (χ0n) is 13.1. The van der Waals surface area contributed by atoms with E-state index in [0.29, 0.717) is 18.4 Å². The molecule has 2 amide bonds. The zero-order valence-corrected chi connectivity index (χ0v) is 13.1. The number of pyridine rings is 1. The van der Waals surface area contributed by atoms with E-state index in [9.17, 15) is 4.79 Å². The van der Waals surface area contributed by atoms with E-state index in [0.717, 1.165) is 25.2 Å². The molecule has 0 saturated carbocycles. The van der Waals surface area contributed by atoms with Crippen LogP contribution in [-0.4, -0.2) is 35.5 Å². The van der Waals surface area contributed by atoms with Gasteiger partial charge in [0.05, 0.1) is 0 Å². The molecule has 1 rings (SSSR count). The van der Waals surface area contributed by atoms with Gasteiger partial charge in [-0.2, -0.15) is 0 Å². The Balaban J connectivity index is 2.41. The van der Waals surface area contributed by atoms with E-state index in [1.54, 1.807) is 6.20 Å². The zero-order chi connectivity index (χ0) is 15.0. The minimum absolute atomic E-state index is 0.0309. The Kier molecular flexibility index (Phi) is 7.05. The molecule has 1 heterocycles. The normalized spacial score (nSPS) is 10.9. The van der Waals surface area contributed by atoms with Gasteiger partial charge in [0, 0.05) is 37.9 Å². The Morgan fingerprint density at radius 3 is 2.35 bits per heavy atom. The van der Waals surface area contributed by atoms with E-state index >= 15 is 0 Å². The van der Waals surface area contributed by atoms with Crippen molar-refractivity contribution < 1.29 is 4.79 Å². The summed E-state index contributed by atoms with van der Waals surface area (Å²) in [6, 6.07) is 5.87. The van der Waals surface area contributed by atoms with Gasteiger partial charge in [0.15, 0.2) is 0 Å². The number of carbonyl (C=O) groups excluding carboxylic acids is 1. The Labute approximate surface area is 122 Å². The van der Waals surface area contributed by atoms with Gasteiger partial charge in [-0.1, -0.05) is 33.8 Å². The number of nitrogens with zero attached hydrogens (tertiary/aromatic N) is 2. The van der Waals surface area contributed by atoms with Gasteiger partial charge < -0.3 is 10.2 Å². The lowest BCUT2D eigenvalue weighted by atomic mass is 10.1. The summed E-state index contributed by atoms with van der Waals surface area (Å²) >= 11 is 0. The average Bonchev–Trinajstić information content (AvgIpc) is 2.38. The summed E-state index contributed by atoms with van der Waals surface area (Å²) in [5.74, 6) is 0.964. The fourth-order valence-electron chi connectivity index (χ4n) is 2.08. The highest BCUT2D eigenvalue weighted by atomic mass is 16.2. The van der Waals surface area contributed by atoms with Crippen LogP contribution in [-0.2, 0) is 6.42 Å². The van der Waals surface area contributed by atoms with Crippen molar-refractivity contribution in [2.24, 2.45) is 11.8 Å². The summed E-state index contributed by atoms with van der Waals surface area (Å²) in [7, 11) is 0. The van der Waals surface area contributed by atoms with Crippen LogP contribution in [0.15, 0.2) is 24.4 Å². The van der Waals surface area contributed by atoms with Crippen LogP contribution in [0.3, 0.4) is 0 Å². The molecule has 0 bridgehead atoms. The van der Waals surface area contributed by atoms with Crippen LogP contribution in [0.2, 0.25) is 0 Å². The molecular formula is C16H27N3O. The quantitative estimate of drug-likeness (QED) is 0.833. The van der Waals surface area contributed by atoms with E-state index in [1.165, 1.54) is 0 Å². The standard InChI is InChI=1S/C16H27N3O/c1-13(2)11-19(12-14(3)4)16(20)18-10-8-15-7-5-6-9-17-15/h5-7,9,13-14H,8,10-12H2,1-4H3,(H,18,20). The van der Waals surface area contributed by atoms with Gasteiger partial charge in [-0.15, -0.1) is 0 Å². The van der Waals surface area contributed by atoms with E-state index < -0.39 is 0 Å². The molecule has 1 aromatic heterocycles. The van der Waals surface area contributed by atoms with Gasteiger partial charge in [0.2, 0.25) is 0 Å². The summed E-state index contributed by atoms with van der Waals surface area (Å²) in [6.07, 6.45) is 2.55. The molecule has 4 nitrogen and oxygen atoms in total. The van der Waals surface area contributed by atoms with E-state index in [1.807, 2.05) is 23.1 Å².